The van der Waals surface area contributed by atoms with Crippen LogP contribution in [-0.2, 0) is 20.4 Å². The van der Waals surface area contributed by atoms with Crippen molar-refractivity contribution in [2.75, 3.05) is 46.0 Å². The van der Waals surface area contributed by atoms with Crippen molar-refractivity contribution in [1.82, 2.24) is 15.5 Å². The van der Waals surface area contributed by atoms with E-state index in [4.69, 9.17) is 14.2 Å². The van der Waals surface area contributed by atoms with Crippen LogP contribution < -0.4 is 24.8 Å². The Morgan fingerprint density at radius 1 is 0.256 bits per heavy atom. The summed E-state index contributed by atoms with van der Waals surface area (Å²) in [7, 11) is 0. The maximum atomic E-state index is 16.3. The Hall–Kier alpha value is -10.5. The molecular formula is C116H101N3O6. The molecule has 4 aliphatic carbocycles. The van der Waals surface area contributed by atoms with E-state index in [1.807, 2.05) is 12.1 Å². The molecule has 1 aliphatic heterocycles. The van der Waals surface area contributed by atoms with Crippen LogP contribution in [0.4, 0.5) is 0 Å². The summed E-state index contributed by atoms with van der Waals surface area (Å²) in [6.45, 7) is 11.0. The lowest BCUT2D eigenvalue weighted by molar-refractivity contribution is -0.130. The summed E-state index contributed by atoms with van der Waals surface area (Å²) in [5, 5.41) is 93.2. The predicted octanol–water partition coefficient (Wildman–Crippen LogP) is 31.3. The lowest BCUT2D eigenvalue weighted by atomic mass is 9.50. The van der Waals surface area contributed by atoms with E-state index in [-0.39, 0.29) is 11.8 Å². The summed E-state index contributed by atoms with van der Waals surface area (Å²) in [5.74, 6) is 1.94. The highest BCUT2D eigenvalue weighted by atomic mass is 16.5. The van der Waals surface area contributed by atoms with E-state index in [1.54, 1.807) is 313 Å². The smallest absolute Gasteiger partial charge is 0.251 e. The van der Waals surface area contributed by atoms with Crippen molar-refractivity contribution >= 4 is 309 Å². The van der Waals surface area contributed by atoms with Crippen LogP contribution >= 0.6 is 0 Å². The number of unbranched alkanes of at least 4 members (excludes halogenated alkanes) is 30. The number of rotatable bonds is 48. The van der Waals surface area contributed by atoms with Gasteiger partial charge in [0.25, 0.3) is 5.91 Å². The number of carbonyl (C=O) groups excluding carboxylic acids is 3. The van der Waals surface area contributed by atoms with Crippen molar-refractivity contribution in [3.05, 3.63) is 39.9 Å². The molecule has 125 heavy (non-hydrogen) atoms. The Morgan fingerprint density at radius 3 is 0.752 bits per heavy atom. The minimum absolute atomic E-state index is 0.0106. The van der Waals surface area contributed by atoms with Gasteiger partial charge in [0, 0.05) is 44.6 Å². The van der Waals surface area contributed by atoms with E-state index in [0.29, 0.717) is 80.9 Å². The Kier molecular flexibility index (Phi) is 12.6. The molecule has 5 aliphatic rings. The van der Waals surface area contributed by atoms with Crippen LogP contribution in [0.2, 0.25) is 0 Å². The second-order valence-electron chi connectivity index (χ2n) is 42.6. The van der Waals surface area contributed by atoms with Gasteiger partial charge in [-0.2, -0.15) is 0 Å². The molecule has 34 rings (SSSR count). The fraction of sp³-hybridized carbons (Fsp3) is 0.422. The van der Waals surface area contributed by atoms with Gasteiger partial charge < -0.3 is 29.7 Å². The number of ether oxygens (including phenoxy) is 3. The summed E-state index contributed by atoms with van der Waals surface area (Å²) < 4.78 is 20.0. The zero-order chi connectivity index (χ0) is 81.2. The van der Waals surface area contributed by atoms with Crippen LogP contribution in [0.1, 0.15) is 291 Å². The van der Waals surface area contributed by atoms with Crippen molar-refractivity contribution < 1.29 is 28.6 Å². The van der Waals surface area contributed by atoms with Gasteiger partial charge in [-0.3, -0.25) is 14.4 Å². The molecule has 616 valence electrons. The number of carbonyl (C=O) groups is 3. The van der Waals surface area contributed by atoms with Gasteiger partial charge in [0.2, 0.25) is 17.6 Å². The summed E-state index contributed by atoms with van der Waals surface area (Å²) in [6, 6.07) is 3.75. The number of hydrogen-bond acceptors (Lipinski definition) is 6. The van der Waals surface area contributed by atoms with Crippen molar-refractivity contribution in [2.24, 2.45) is 0 Å². The van der Waals surface area contributed by atoms with Crippen LogP contribution in [0.5, 0.6) is 17.2 Å². The molecule has 0 saturated carbocycles. The minimum Gasteiger partial charge on any atom is -0.490 e. The largest absolute Gasteiger partial charge is 0.490 e. The van der Waals surface area contributed by atoms with Crippen LogP contribution in [0.3, 0.4) is 0 Å². The number of benzene rings is 19. The second-order valence-corrected chi connectivity index (χ2v) is 42.6. The molecule has 0 atom stereocenters. The molecule has 29 aromatic rings. The van der Waals surface area contributed by atoms with Gasteiger partial charge in [-0.05, 0) is 364 Å². The summed E-state index contributed by atoms with van der Waals surface area (Å²) in [6.07, 6.45) is 42.5. The zero-order valence-electron chi connectivity index (χ0n) is 72.7. The van der Waals surface area contributed by atoms with Gasteiger partial charge in [0.15, 0.2) is 11.5 Å². The molecule has 9 heteroatoms. The van der Waals surface area contributed by atoms with Crippen molar-refractivity contribution in [3.63, 3.8) is 0 Å². The van der Waals surface area contributed by atoms with E-state index >= 15 is 4.79 Å². The van der Waals surface area contributed by atoms with Gasteiger partial charge in [-0.1, -0.05) is 207 Å². The van der Waals surface area contributed by atoms with Gasteiger partial charge in [0.05, 0.1) is 30.7 Å². The minimum atomic E-state index is -0.457. The normalized spacial score (nSPS) is 17.7. The Balaban J connectivity index is 0.406. The summed E-state index contributed by atoms with van der Waals surface area (Å²) in [4.78, 5) is 46.8. The molecule has 0 bridgehead atoms. The summed E-state index contributed by atoms with van der Waals surface area (Å²) in [5.41, 5.74) is 6.13. The highest BCUT2D eigenvalue weighted by molar-refractivity contribution is 6.82. The topological polar surface area (TPSA) is 106 Å². The maximum absolute atomic E-state index is 16.3. The molecule has 2 spiro atoms. The highest BCUT2D eigenvalue weighted by Gasteiger charge is 2.73. The van der Waals surface area contributed by atoms with Gasteiger partial charge in [-0.25, -0.2) is 0 Å². The Labute approximate surface area is 720 Å². The molecule has 0 radical (unpaired) electrons. The maximum Gasteiger partial charge on any atom is 0.251 e. The number of hydrogen-bond donors (Lipinski definition) is 2. The molecule has 0 aromatic heterocycles. The Morgan fingerprint density at radius 2 is 0.480 bits per heavy atom. The zero-order valence-corrected chi connectivity index (χ0v) is 72.7. The molecule has 29 aromatic carbocycles. The third-order valence-electron chi connectivity index (χ3n) is 36.9. The average molecular weight is 1630 g/mol. The first-order valence-corrected chi connectivity index (χ1v) is 50.6. The van der Waals surface area contributed by atoms with E-state index in [0.717, 1.165) is 77.3 Å². The first-order chi connectivity index (χ1) is 61.9. The average Bonchev–Trinajstić information content (AvgIpc) is 1.38. The quantitative estimate of drug-likeness (QED) is 0.0291. The number of nitrogens with one attached hydrogen (secondary N) is 2. The fourth-order valence-corrected chi connectivity index (χ4v) is 33.1. The van der Waals surface area contributed by atoms with Crippen LogP contribution in [0.15, 0.2) is 12.1 Å². The van der Waals surface area contributed by atoms with Crippen LogP contribution in [0.25, 0.3) is 291 Å². The third-order valence-corrected chi connectivity index (χ3v) is 36.9. The number of amides is 3. The molecule has 2 N–H and O–H groups in total. The van der Waals surface area contributed by atoms with E-state index < -0.39 is 10.8 Å². The Bertz CT molecular complexity index is 8270. The van der Waals surface area contributed by atoms with Gasteiger partial charge in [-0.15, -0.1) is 0 Å². The molecule has 3 amide bonds. The second kappa shape index (κ2) is 22.9. The van der Waals surface area contributed by atoms with E-state index in [2.05, 4.69) is 36.3 Å². The molecule has 1 fully saturated rings. The van der Waals surface area contributed by atoms with Crippen molar-refractivity contribution in [3.8, 4) is 17.2 Å². The van der Waals surface area contributed by atoms with E-state index in [1.165, 1.54) is 154 Å². The predicted molar refractivity (Wildman–Crippen MR) is 527 cm³/mol. The number of nitrogens with zero attached hydrogens (tertiary/aromatic N) is 1. The molecular weight excluding hydrogens is 1530 g/mol. The standard InChI is InChI=1S/C116H101N3O6/c1-4-7-10-13-16-19-22-25-30-35-43-123-51-46-50(47-52(124-44-36-31-26-23-20-17-14-11-8-5-2)113(51)125-45-37-32-27-24-21-18-15-12-9-6-3)114(122)118-42-38-39-53(120)117-41-34-29-28-33-40-54(121)119-48-115-109-101-93-83-73-65-57-55-56-59-63-61(57)69-77-71(63)81-75-67(59)68-60(56)64-62-58(55)66(65)74-80-70(62)78-72(64)82-76(68)86-85(75)95-89(81)99-91(77)97(87(93)79(69)73)105(109)107(99)111-103(95)104-96(86)90(82)100-92(78)98-88(80)94(84(74)83)102(101)110(115)106(98)108(100)112(104)116(111,115)49-119/h46-47H,4-45,48-49H2,1-3H3,(H,117,120)(H,118,122). The van der Waals surface area contributed by atoms with Crippen LogP contribution in [0, 0.1) is 0 Å². The molecule has 1 saturated heterocycles. The monoisotopic (exact) mass is 1630 g/mol. The SMILES string of the molecule is CCCCCCCCCCCCOc1cc(C(=O)NCCCC(=O)NCCCCCCC(=O)N2CC34c5c6c7c8c9c%10c(c%11c%12c3c3c5c5c%13c6c6c7c7c9c9c%14c%10c%10c%11c%11c%12c%12c3c3c5c5c%13c%13c6c6c7c9c7c9c%14c%10c%10c%11c%11c%12c3c3c5c5c%13c6c7c6c9c%10c%11c3c56)C84C2)cc(OCCCCCCCCCCCC)c1OCCCCCCCCCCCC. The van der Waals surface area contributed by atoms with Crippen molar-refractivity contribution in [1.29, 1.82) is 0 Å². The summed E-state index contributed by atoms with van der Waals surface area (Å²) >= 11 is 0. The van der Waals surface area contributed by atoms with Crippen molar-refractivity contribution in [2.45, 2.75) is 269 Å². The lowest BCUT2D eigenvalue weighted by Gasteiger charge is -2.49. The van der Waals surface area contributed by atoms with Crippen LogP contribution in [-0.4, -0.2) is 68.6 Å². The lowest BCUT2D eigenvalue weighted by Crippen LogP contribution is -2.51. The third kappa shape index (κ3) is 6.89. The first kappa shape index (κ1) is 68.7. The van der Waals surface area contributed by atoms with E-state index in [9.17, 15) is 9.59 Å². The fourth-order valence-electron chi connectivity index (χ4n) is 33.1. The molecule has 9 nitrogen and oxygen atoms in total. The highest BCUT2D eigenvalue weighted by Crippen LogP contribution is 2.85. The van der Waals surface area contributed by atoms with Gasteiger partial charge >= 0.3 is 0 Å². The molecule has 1 heterocycles. The number of likely N-dealkylation sites (tertiary alicyclic amines) is 1. The van der Waals surface area contributed by atoms with Gasteiger partial charge in [0.1, 0.15) is 0 Å². The first-order valence-electron chi connectivity index (χ1n) is 50.6. The molecule has 0 unspecified atom stereocenters.